The lowest BCUT2D eigenvalue weighted by molar-refractivity contribution is -0.0447. The Hall–Kier alpha value is -1.62. The van der Waals surface area contributed by atoms with Crippen molar-refractivity contribution in [3.05, 3.63) is 29.6 Å². The fourth-order valence-corrected chi connectivity index (χ4v) is 1.99. The van der Waals surface area contributed by atoms with Crippen molar-refractivity contribution in [2.75, 3.05) is 19.7 Å². The molecule has 1 unspecified atom stereocenters. The van der Waals surface area contributed by atoms with Crippen LogP contribution in [0.1, 0.15) is 38.1 Å². The Morgan fingerprint density at radius 2 is 2.20 bits per heavy atom. The summed E-state index contributed by atoms with van der Waals surface area (Å²) in [5, 5.41) is 0. The standard InChI is InChI=1S/C15H22N2O3/c1-11-5-6-12(16-9-11)13-10-17(7-8-19-13)14(18)20-15(2,3)4/h5-6,9,13H,7-8,10H2,1-4H3. The number of ether oxygens (including phenoxy) is 2. The van der Waals surface area contributed by atoms with Crippen molar-refractivity contribution >= 4 is 6.09 Å². The van der Waals surface area contributed by atoms with Gasteiger partial charge in [0.25, 0.3) is 0 Å². The Morgan fingerprint density at radius 1 is 1.45 bits per heavy atom. The molecular weight excluding hydrogens is 256 g/mol. The number of morpholine rings is 1. The summed E-state index contributed by atoms with van der Waals surface area (Å²) < 4.78 is 11.1. The molecule has 1 saturated heterocycles. The third-order valence-electron chi connectivity index (χ3n) is 2.98. The highest BCUT2D eigenvalue weighted by Crippen LogP contribution is 2.22. The third kappa shape index (κ3) is 3.93. The highest BCUT2D eigenvalue weighted by Gasteiger charge is 2.29. The molecule has 5 nitrogen and oxygen atoms in total. The summed E-state index contributed by atoms with van der Waals surface area (Å²) in [6.07, 6.45) is 1.33. The fraction of sp³-hybridized carbons (Fsp3) is 0.600. The van der Waals surface area contributed by atoms with Crippen LogP contribution < -0.4 is 0 Å². The van der Waals surface area contributed by atoms with Crippen molar-refractivity contribution in [2.24, 2.45) is 0 Å². The van der Waals surface area contributed by atoms with Gasteiger partial charge in [-0.2, -0.15) is 0 Å². The molecule has 0 spiro atoms. The van der Waals surface area contributed by atoms with Gasteiger partial charge in [-0.25, -0.2) is 4.79 Å². The van der Waals surface area contributed by atoms with Crippen molar-refractivity contribution in [1.82, 2.24) is 9.88 Å². The third-order valence-corrected chi connectivity index (χ3v) is 2.98. The second-order valence-electron chi connectivity index (χ2n) is 6.05. The Morgan fingerprint density at radius 3 is 2.80 bits per heavy atom. The second kappa shape index (κ2) is 5.79. The van der Waals surface area contributed by atoms with Gasteiger partial charge in [0.2, 0.25) is 0 Å². The van der Waals surface area contributed by atoms with Gasteiger partial charge >= 0.3 is 6.09 Å². The molecule has 1 aromatic rings. The van der Waals surface area contributed by atoms with Gasteiger partial charge in [-0.05, 0) is 39.3 Å². The lowest BCUT2D eigenvalue weighted by Crippen LogP contribution is -2.44. The molecule has 1 atom stereocenters. The molecule has 110 valence electrons. The molecule has 1 aromatic heterocycles. The summed E-state index contributed by atoms with van der Waals surface area (Å²) in [7, 11) is 0. The molecule has 0 saturated carbocycles. The maximum absolute atomic E-state index is 12.1. The largest absolute Gasteiger partial charge is 0.444 e. The molecule has 1 aliphatic heterocycles. The maximum Gasteiger partial charge on any atom is 0.410 e. The monoisotopic (exact) mass is 278 g/mol. The molecule has 2 heterocycles. The lowest BCUT2D eigenvalue weighted by Gasteiger charge is -2.34. The molecular formula is C15H22N2O3. The Bertz CT molecular complexity index is 465. The van der Waals surface area contributed by atoms with Gasteiger partial charge in [0.1, 0.15) is 11.7 Å². The molecule has 1 amide bonds. The zero-order valence-corrected chi connectivity index (χ0v) is 12.5. The molecule has 2 rings (SSSR count). The minimum Gasteiger partial charge on any atom is -0.444 e. The highest BCUT2D eigenvalue weighted by atomic mass is 16.6. The van der Waals surface area contributed by atoms with E-state index in [1.165, 1.54) is 0 Å². The van der Waals surface area contributed by atoms with E-state index in [1.807, 2.05) is 46.0 Å². The number of carbonyl (C=O) groups excluding carboxylic acids is 1. The lowest BCUT2D eigenvalue weighted by atomic mass is 10.1. The number of hydrogen-bond acceptors (Lipinski definition) is 4. The molecule has 0 bridgehead atoms. The molecule has 0 N–H and O–H groups in total. The fourth-order valence-electron chi connectivity index (χ4n) is 1.99. The first kappa shape index (κ1) is 14.8. The van der Waals surface area contributed by atoms with Gasteiger partial charge in [-0.15, -0.1) is 0 Å². The van der Waals surface area contributed by atoms with Crippen molar-refractivity contribution < 1.29 is 14.3 Å². The first-order chi connectivity index (χ1) is 9.35. The van der Waals surface area contributed by atoms with Gasteiger partial charge in [0.05, 0.1) is 18.8 Å². The predicted molar refractivity (Wildman–Crippen MR) is 75.5 cm³/mol. The summed E-state index contributed by atoms with van der Waals surface area (Å²) in [6.45, 7) is 9.12. The summed E-state index contributed by atoms with van der Waals surface area (Å²) in [5.41, 5.74) is 1.48. The normalized spacial score (nSPS) is 19.8. The van der Waals surface area contributed by atoms with Crippen LogP contribution in [0.15, 0.2) is 18.3 Å². The Labute approximate surface area is 119 Å². The van der Waals surface area contributed by atoms with Crippen molar-refractivity contribution in [2.45, 2.75) is 39.4 Å². The van der Waals surface area contributed by atoms with Crippen molar-refractivity contribution in [1.29, 1.82) is 0 Å². The van der Waals surface area contributed by atoms with E-state index in [0.717, 1.165) is 11.3 Å². The minimum atomic E-state index is -0.479. The van der Waals surface area contributed by atoms with Gasteiger partial charge in [0.15, 0.2) is 0 Å². The van der Waals surface area contributed by atoms with Crippen LogP contribution in [0.3, 0.4) is 0 Å². The number of aromatic nitrogens is 1. The number of rotatable bonds is 1. The van der Waals surface area contributed by atoms with E-state index >= 15 is 0 Å². The van der Waals surface area contributed by atoms with Crippen LogP contribution in [0.4, 0.5) is 4.79 Å². The average molecular weight is 278 g/mol. The van der Waals surface area contributed by atoms with Crippen LogP contribution in [0.2, 0.25) is 0 Å². The van der Waals surface area contributed by atoms with E-state index in [2.05, 4.69) is 4.98 Å². The molecule has 5 heteroatoms. The van der Waals surface area contributed by atoms with Crippen molar-refractivity contribution in [3.8, 4) is 0 Å². The number of amides is 1. The number of pyridine rings is 1. The smallest absolute Gasteiger partial charge is 0.410 e. The molecule has 1 aliphatic rings. The first-order valence-electron chi connectivity index (χ1n) is 6.87. The maximum atomic E-state index is 12.1. The van der Waals surface area contributed by atoms with Crippen molar-refractivity contribution in [3.63, 3.8) is 0 Å². The Kier molecular flexibility index (Phi) is 4.28. The zero-order chi connectivity index (χ0) is 14.8. The van der Waals surface area contributed by atoms with Crippen LogP contribution in [0.5, 0.6) is 0 Å². The van der Waals surface area contributed by atoms with Gasteiger partial charge in [-0.3, -0.25) is 4.98 Å². The van der Waals surface area contributed by atoms with Gasteiger partial charge in [-0.1, -0.05) is 6.07 Å². The minimum absolute atomic E-state index is 0.183. The zero-order valence-electron chi connectivity index (χ0n) is 12.5. The molecule has 20 heavy (non-hydrogen) atoms. The molecule has 1 fully saturated rings. The van der Waals surface area contributed by atoms with Crippen LogP contribution in [-0.2, 0) is 9.47 Å². The topological polar surface area (TPSA) is 51.7 Å². The number of hydrogen-bond donors (Lipinski definition) is 0. The van der Waals surface area contributed by atoms with E-state index in [1.54, 1.807) is 4.90 Å². The predicted octanol–water partition coefficient (Wildman–Crippen LogP) is 2.70. The van der Waals surface area contributed by atoms with Gasteiger partial charge < -0.3 is 14.4 Å². The van der Waals surface area contributed by atoms with Gasteiger partial charge in [0, 0.05) is 12.7 Å². The second-order valence-corrected chi connectivity index (χ2v) is 6.05. The Balaban J connectivity index is 2.01. The quantitative estimate of drug-likeness (QED) is 0.792. The van der Waals surface area contributed by atoms with Crippen LogP contribution in [0.25, 0.3) is 0 Å². The summed E-state index contributed by atoms with van der Waals surface area (Å²) in [5.74, 6) is 0. The van der Waals surface area contributed by atoms with E-state index in [-0.39, 0.29) is 12.2 Å². The summed E-state index contributed by atoms with van der Waals surface area (Å²) in [4.78, 5) is 18.1. The molecule has 0 radical (unpaired) electrons. The van der Waals surface area contributed by atoms with E-state index in [9.17, 15) is 4.79 Å². The number of nitrogens with zero attached hydrogens (tertiary/aromatic N) is 2. The molecule has 0 aliphatic carbocycles. The summed E-state index contributed by atoms with van der Waals surface area (Å²) >= 11 is 0. The van der Waals surface area contributed by atoms with Crippen LogP contribution in [0, 0.1) is 6.92 Å². The van der Waals surface area contributed by atoms with Crippen LogP contribution in [-0.4, -0.2) is 41.3 Å². The number of carbonyl (C=O) groups is 1. The highest BCUT2D eigenvalue weighted by molar-refractivity contribution is 5.68. The first-order valence-corrected chi connectivity index (χ1v) is 6.87. The molecule has 0 aromatic carbocycles. The van der Waals surface area contributed by atoms with E-state index in [4.69, 9.17) is 9.47 Å². The van der Waals surface area contributed by atoms with E-state index in [0.29, 0.717) is 19.7 Å². The average Bonchev–Trinajstić information content (AvgIpc) is 2.38. The van der Waals surface area contributed by atoms with Crippen LogP contribution >= 0.6 is 0 Å². The van der Waals surface area contributed by atoms with E-state index < -0.39 is 5.60 Å². The SMILES string of the molecule is Cc1ccc(C2CN(C(=O)OC(C)(C)C)CCO2)nc1. The summed E-state index contributed by atoms with van der Waals surface area (Å²) in [6, 6.07) is 3.94. The number of aryl methyl sites for hydroxylation is 1.